The van der Waals surface area contributed by atoms with Crippen LogP contribution in [0.4, 0.5) is 0 Å². The molecule has 2 aromatic heterocycles. The molecule has 0 atom stereocenters. The minimum atomic E-state index is 0.624. The molecule has 23 heavy (non-hydrogen) atoms. The van der Waals surface area contributed by atoms with Crippen LogP contribution in [0.2, 0.25) is 0 Å². The van der Waals surface area contributed by atoms with E-state index in [1.165, 1.54) is 23.4 Å². The topological polar surface area (TPSA) is 39.4 Å². The van der Waals surface area contributed by atoms with E-state index in [1.807, 2.05) is 28.9 Å². The average Bonchev–Trinajstić information content (AvgIpc) is 3.22. The lowest BCUT2D eigenvalue weighted by atomic mass is 10.0. The Hall–Kier alpha value is -2.07. The Morgan fingerprint density at radius 3 is 2.83 bits per heavy atom. The van der Waals surface area contributed by atoms with E-state index in [1.54, 1.807) is 0 Å². The van der Waals surface area contributed by atoms with Crippen molar-refractivity contribution in [1.82, 2.24) is 14.6 Å². The molecule has 2 heterocycles. The third-order valence-electron chi connectivity index (χ3n) is 4.23. The highest BCUT2D eigenvalue weighted by Crippen LogP contribution is 2.32. The summed E-state index contributed by atoms with van der Waals surface area (Å²) in [6.07, 6.45) is 5.97. The van der Waals surface area contributed by atoms with Gasteiger partial charge in [0.05, 0.1) is 18.5 Å². The Bertz CT molecular complexity index is 826. The van der Waals surface area contributed by atoms with Crippen LogP contribution in [0.3, 0.4) is 0 Å². The molecular formula is C18H18ClN3O. The summed E-state index contributed by atoms with van der Waals surface area (Å²) < 4.78 is 7.64. The Kier molecular flexibility index (Phi) is 3.92. The van der Waals surface area contributed by atoms with E-state index in [9.17, 15) is 0 Å². The molecule has 0 radical (unpaired) electrons. The second-order valence-electron chi connectivity index (χ2n) is 5.76. The van der Waals surface area contributed by atoms with Crippen LogP contribution < -0.4 is 4.74 Å². The summed E-state index contributed by atoms with van der Waals surface area (Å²) in [7, 11) is 0. The van der Waals surface area contributed by atoms with E-state index < -0.39 is 0 Å². The molecule has 0 fully saturated rings. The standard InChI is InChI=1S/C18H18ClN3O/c19-10-2-12-23-14-7-5-13(6-8-14)18-15-3-1-4-16(15)21-17-9-11-20-22(17)18/h5-9,11H,1-4,10,12H2. The summed E-state index contributed by atoms with van der Waals surface area (Å²) in [5.74, 6) is 1.50. The predicted molar refractivity (Wildman–Crippen MR) is 91.3 cm³/mol. The fourth-order valence-electron chi connectivity index (χ4n) is 3.18. The Balaban J connectivity index is 1.73. The summed E-state index contributed by atoms with van der Waals surface area (Å²) in [5.41, 5.74) is 5.79. The van der Waals surface area contributed by atoms with Crippen LogP contribution in [0.15, 0.2) is 36.5 Å². The number of hydrogen-bond acceptors (Lipinski definition) is 3. The first-order chi connectivity index (χ1) is 11.4. The summed E-state index contributed by atoms with van der Waals surface area (Å²) in [6.45, 7) is 0.650. The molecule has 0 N–H and O–H groups in total. The lowest BCUT2D eigenvalue weighted by Crippen LogP contribution is -2.03. The van der Waals surface area contributed by atoms with E-state index >= 15 is 0 Å². The van der Waals surface area contributed by atoms with E-state index in [4.69, 9.17) is 21.3 Å². The highest BCUT2D eigenvalue weighted by Gasteiger charge is 2.21. The van der Waals surface area contributed by atoms with Crippen LogP contribution in [0, 0.1) is 0 Å². The lowest BCUT2D eigenvalue weighted by molar-refractivity contribution is 0.318. The van der Waals surface area contributed by atoms with Crippen LogP contribution in [0.25, 0.3) is 16.9 Å². The molecule has 3 aromatic rings. The second kappa shape index (κ2) is 6.20. The highest BCUT2D eigenvalue weighted by atomic mass is 35.5. The number of rotatable bonds is 5. The number of benzene rings is 1. The van der Waals surface area contributed by atoms with Crippen LogP contribution in [0.5, 0.6) is 5.75 Å². The first-order valence-electron chi connectivity index (χ1n) is 8.01. The Morgan fingerprint density at radius 2 is 2.00 bits per heavy atom. The van der Waals surface area contributed by atoms with Gasteiger partial charge in [0.15, 0.2) is 5.65 Å². The van der Waals surface area contributed by atoms with Crippen molar-refractivity contribution in [3.05, 3.63) is 47.8 Å². The minimum Gasteiger partial charge on any atom is -0.494 e. The van der Waals surface area contributed by atoms with E-state index in [2.05, 4.69) is 17.2 Å². The number of hydrogen-bond donors (Lipinski definition) is 0. The molecule has 0 amide bonds. The monoisotopic (exact) mass is 327 g/mol. The van der Waals surface area contributed by atoms with Gasteiger partial charge < -0.3 is 4.74 Å². The van der Waals surface area contributed by atoms with Crippen LogP contribution in [-0.2, 0) is 12.8 Å². The molecule has 4 nitrogen and oxygen atoms in total. The maximum absolute atomic E-state index is 5.68. The number of ether oxygens (including phenoxy) is 1. The molecule has 1 aromatic carbocycles. The number of alkyl halides is 1. The first-order valence-corrected chi connectivity index (χ1v) is 8.55. The molecule has 5 heteroatoms. The fraction of sp³-hybridized carbons (Fsp3) is 0.333. The zero-order valence-corrected chi connectivity index (χ0v) is 13.6. The normalized spacial score (nSPS) is 13.4. The van der Waals surface area contributed by atoms with Gasteiger partial charge in [-0.05, 0) is 49.9 Å². The van der Waals surface area contributed by atoms with Gasteiger partial charge in [-0.15, -0.1) is 11.6 Å². The molecule has 0 bridgehead atoms. The molecule has 1 aliphatic carbocycles. The van der Waals surface area contributed by atoms with Crippen molar-refractivity contribution in [1.29, 1.82) is 0 Å². The molecule has 0 spiro atoms. The fourth-order valence-corrected chi connectivity index (χ4v) is 3.28. The third kappa shape index (κ3) is 2.68. The van der Waals surface area contributed by atoms with Crippen LogP contribution in [-0.4, -0.2) is 27.1 Å². The van der Waals surface area contributed by atoms with E-state index in [0.717, 1.165) is 36.2 Å². The van der Waals surface area contributed by atoms with Crippen molar-refractivity contribution < 1.29 is 4.74 Å². The molecule has 0 saturated heterocycles. The van der Waals surface area contributed by atoms with Gasteiger partial charge >= 0.3 is 0 Å². The summed E-state index contributed by atoms with van der Waals surface area (Å²) >= 11 is 5.68. The number of aryl methyl sites for hydroxylation is 1. The average molecular weight is 328 g/mol. The zero-order valence-electron chi connectivity index (χ0n) is 12.8. The minimum absolute atomic E-state index is 0.624. The van der Waals surface area contributed by atoms with Crippen molar-refractivity contribution in [2.75, 3.05) is 12.5 Å². The molecule has 4 rings (SSSR count). The van der Waals surface area contributed by atoms with Crippen molar-refractivity contribution >= 4 is 17.2 Å². The van der Waals surface area contributed by atoms with E-state index in [0.29, 0.717) is 12.5 Å². The highest BCUT2D eigenvalue weighted by molar-refractivity contribution is 6.17. The molecular weight excluding hydrogens is 310 g/mol. The molecule has 0 unspecified atom stereocenters. The van der Waals surface area contributed by atoms with Gasteiger partial charge in [-0.2, -0.15) is 5.10 Å². The predicted octanol–water partition coefficient (Wildman–Crippen LogP) is 3.89. The van der Waals surface area contributed by atoms with Gasteiger partial charge in [-0.3, -0.25) is 0 Å². The van der Waals surface area contributed by atoms with Gasteiger partial charge in [0, 0.05) is 28.8 Å². The largest absolute Gasteiger partial charge is 0.494 e. The first kappa shape index (κ1) is 14.5. The Labute approximate surface area is 140 Å². The van der Waals surface area contributed by atoms with Crippen molar-refractivity contribution in [3.8, 4) is 17.0 Å². The third-order valence-corrected chi connectivity index (χ3v) is 4.50. The van der Waals surface area contributed by atoms with Gasteiger partial charge in [-0.25, -0.2) is 9.50 Å². The van der Waals surface area contributed by atoms with Crippen molar-refractivity contribution in [2.45, 2.75) is 25.7 Å². The summed E-state index contributed by atoms with van der Waals surface area (Å²) in [5, 5.41) is 4.46. The quantitative estimate of drug-likeness (QED) is 0.527. The van der Waals surface area contributed by atoms with Crippen molar-refractivity contribution in [3.63, 3.8) is 0 Å². The second-order valence-corrected chi connectivity index (χ2v) is 6.13. The number of aromatic nitrogens is 3. The number of halogens is 1. The zero-order chi connectivity index (χ0) is 15.6. The maximum atomic E-state index is 5.68. The number of fused-ring (bicyclic) bond motifs is 2. The Morgan fingerprint density at radius 1 is 1.13 bits per heavy atom. The summed E-state index contributed by atoms with van der Waals surface area (Å²) in [4.78, 5) is 4.73. The van der Waals surface area contributed by atoms with Gasteiger partial charge in [-0.1, -0.05) is 0 Å². The molecule has 118 valence electrons. The van der Waals surface area contributed by atoms with Crippen LogP contribution in [0.1, 0.15) is 24.1 Å². The van der Waals surface area contributed by atoms with Crippen molar-refractivity contribution in [2.24, 2.45) is 0 Å². The molecule has 1 aliphatic rings. The van der Waals surface area contributed by atoms with Gasteiger partial charge in [0.25, 0.3) is 0 Å². The van der Waals surface area contributed by atoms with Gasteiger partial charge in [0.2, 0.25) is 0 Å². The smallest absolute Gasteiger partial charge is 0.155 e. The van der Waals surface area contributed by atoms with Gasteiger partial charge in [0.1, 0.15) is 5.75 Å². The number of nitrogens with zero attached hydrogens (tertiary/aromatic N) is 3. The maximum Gasteiger partial charge on any atom is 0.155 e. The molecule has 0 saturated carbocycles. The lowest BCUT2D eigenvalue weighted by Gasteiger charge is -2.12. The molecule has 0 aliphatic heterocycles. The van der Waals surface area contributed by atoms with Crippen LogP contribution >= 0.6 is 11.6 Å². The SMILES string of the molecule is ClCCCOc1ccc(-c2c3c(nc4ccnn24)CCC3)cc1. The van der Waals surface area contributed by atoms with E-state index in [-0.39, 0.29) is 0 Å². The summed E-state index contributed by atoms with van der Waals surface area (Å²) in [6, 6.07) is 10.2.